The molecular formula is C9H19ClN2O2S. The Morgan fingerprint density at radius 3 is 2.33 bits per heavy atom. The zero-order chi connectivity index (χ0) is 10.2. The van der Waals surface area contributed by atoms with E-state index in [1.807, 2.05) is 0 Å². The van der Waals surface area contributed by atoms with Gasteiger partial charge in [-0.15, -0.1) is 12.4 Å². The summed E-state index contributed by atoms with van der Waals surface area (Å²) in [5.41, 5.74) is 5.80. The van der Waals surface area contributed by atoms with Gasteiger partial charge in [0.1, 0.15) is 0 Å². The molecule has 2 rings (SSSR count). The summed E-state index contributed by atoms with van der Waals surface area (Å²) in [6.45, 7) is 0. The van der Waals surface area contributed by atoms with E-state index in [1.165, 1.54) is 0 Å². The van der Waals surface area contributed by atoms with Crippen molar-refractivity contribution in [1.82, 2.24) is 4.72 Å². The van der Waals surface area contributed by atoms with Gasteiger partial charge < -0.3 is 5.73 Å². The van der Waals surface area contributed by atoms with Crippen molar-refractivity contribution in [3.8, 4) is 0 Å². The molecule has 2 atom stereocenters. The monoisotopic (exact) mass is 254 g/mol. The van der Waals surface area contributed by atoms with E-state index in [0.717, 1.165) is 38.5 Å². The molecule has 0 radical (unpaired) electrons. The molecule has 3 N–H and O–H groups in total. The topological polar surface area (TPSA) is 72.2 Å². The zero-order valence-corrected chi connectivity index (χ0v) is 10.3. The van der Waals surface area contributed by atoms with Crippen LogP contribution in [0.4, 0.5) is 0 Å². The van der Waals surface area contributed by atoms with Crippen LogP contribution in [0, 0.1) is 0 Å². The number of halogens is 1. The maximum atomic E-state index is 11.6. The quantitative estimate of drug-likeness (QED) is 0.781. The minimum absolute atomic E-state index is 0. The van der Waals surface area contributed by atoms with Gasteiger partial charge in [0.05, 0.1) is 5.25 Å². The van der Waals surface area contributed by atoms with Crippen LogP contribution in [0.1, 0.15) is 38.5 Å². The second kappa shape index (κ2) is 4.99. The van der Waals surface area contributed by atoms with Gasteiger partial charge in [-0.3, -0.25) is 0 Å². The van der Waals surface area contributed by atoms with Gasteiger partial charge in [0.2, 0.25) is 10.0 Å². The van der Waals surface area contributed by atoms with E-state index in [2.05, 4.69) is 4.72 Å². The highest BCUT2D eigenvalue weighted by Crippen LogP contribution is 2.29. The van der Waals surface area contributed by atoms with Gasteiger partial charge in [0, 0.05) is 12.1 Å². The Bertz CT molecular complexity index is 303. The summed E-state index contributed by atoms with van der Waals surface area (Å²) in [6.07, 6.45) is 5.47. The van der Waals surface area contributed by atoms with E-state index in [-0.39, 0.29) is 29.7 Å². The minimum atomic E-state index is -3.02. The number of nitrogens with two attached hydrogens (primary N) is 1. The van der Waals surface area contributed by atoms with Crippen molar-refractivity contribution in [2.24, 2.45) is 5.73 Å². The summed E-state index contributed by atoms with van der Waals surface area (Å²) in [5, 5.41) is -0.111. The average molecular weight is 255 g/mol. The Kier molecular flexibility index (Phi) is 4.40. The van der Waals surface area contributed by atoms with Crippen LogP contribution in [0.2, 0.25) is 0 Å². The first-order valence-electron chi connectivity index (χ1n) is 5.34. The number of sulfonamides is 1. The van der Waals surface area contributed by atoms with Crippen molar-refractivity contribution < 1.29 is 8.42 Å². The van der Waals surface area contributed by atoms with Crippen LogP contribution in [-0.4, -0.2) is 25.8 Å². The number of nitrogens with one attached hydrogen (secondary N) is 1. The van der Waals surface area contributed by atoms with E-state index >= 15 is 0 Å². The van der Waals surface area contributed by atoms with Crippen LogP contribution < -0.4 is 10.5 Å². The maximum absolute atomic E-state index is 11.6. The van der Waals surface area contributed by atoms with Crippen molar-refractivity contribution in [2.75, 3.05) is 0 Å². The van der Waals surface area contributed by atoms with Gasteiger partial charge in [-0.2, -0.15) is 0 Å². The van der Waals surface area contributed by atoms with Gasteiger partial charge in [-0.1, -0.05) is 6.42 Å². The second-order valence-corrected chi connectivity index (χ2v) is 6.48. The van der Waals surface area contributed by atoms with Crippen LogP contribution in [0.5, 0.6) is 0 Å². The van der Waals surface area contributed by atoms with E-state index in [9.17, 15) is 8.42 Å². The van der Waals surface area contributed by atoms with E-state index in [1.54, 1.807) is 0 Å². The fourth-order valence-corrected chi connectivity index (χ4v) is 3.67. The standard InChI is InChI=1S/C9H18N2O2S.ClH/c10-7-2-1-3-8(6-7)11-14(12,13)9-4-5-9;/h7-9,11H,1-6,10H2;1H. The molecule has 0 aromatic carbocycles. The van der Waals surface area contributed by atoms with Crippen LogP contribution in [0.15, 0.2) is 0 Å². The Morgan fingerprint density at radius 2 is 1.80 bits per heavy atom. The third kappa shape index (κ3) is 3.59. The first-order chi connectivity index (χ1) is 6.58. The summed E-state index contributed by atoms with van der Waals surface area (Å²) in [5.74, 6) is 0. The molecule has 2 aliphatic rings. The molecule has 0 aromatic heterocycles. The minimum Gasteiger partial charge on any atom is -0.328 e. The molecule has 2 aliphatic carbocycles. The first-order valence-corrected chi connectivity index (χ1v) is 6.89. The predicted octanol–water partition coefficient (Wildman–Crippen LogP) is 0.760. The van der Waals surface area contributed by atoms with Crippen molar-refractivity contribution in [1.29, 1.82) is 0 Å². The van der Waals surface area contributed by atoms with Crippen LogP contribution in [-0.2, 0) is 10.0 Å². The lowest BCUT2D eigenvalue weighted by molar-refractivity contribution is 0.371. The van der Waals surface area contributed by atoms with E-state index in [0.29, 0.717) is 0 Å². The highest BCUT2D eigenvalue weighted by atomic mass is 35.5. The van der Waals surface area contributed by atoms with Crippen LogP contribution >= 0.6 is 12.4 Å². The summed E-state index contributed by atoms with van der Waals surface area (Å²) >= 11 is 0. The predicted molar refractivity (Wildman–Crippen MR) is 62.6 cm³/mol. The lowest BCUT2D eigenvalue weighted by Crippen LogP contribution is -2.43. The first kappa shape index (κ1) is 13.2. The normalized spacial score (nSPS) is 32.1. The van der Waals surface area contributed by atoms with Crippen molar-refractivity contribution >= 4 is 22.4 Å². The number of hydrogen-bond donors (Lipinski definition) is 2. The zero-order valence-electron chi connectivity index (χ0n) is 8.69. The summed E-state index contributed by atoms with van der Waals surface area (Å²) in [6, 6.07) is 0.264. The molecule has 0 aromatic rings. The maximum Gasteiger partial charge on any atom is 0.214 e. The molecule has 0 bridgehead atoms. The van der Waals surface area contributed by atoms with E-state index in [4.69, 9.17) is 5.73 Å². The molecule has 2 saturated carbocycles. The molecule has 0 saturated heterocycles. The van der Waals surface area contributed by atoms with Gasteiger partial charge in [-0.05, 0) is 32.1 Å². The number of rotatable bonds is 3. The Balaban J connectivity index is 0.00000112. The molecule has 0 aliphatic heterocycles. The molecule has 4 nitrogen and oxygen atoms in total. The fraction of sp³-hybridized carbons (Fsp3) is 1.00. The summed E-state index contributed by atoms with van der Waals surface area (Å²) < 4.78 is 26.0. The highest BCUT2D eigenvalue weighted by molar-refractivity contribution is 7.90. The van der Waals surface area contributed by atoms with Crippen LogP contribution in [0.25, 0.3) is 0 Å². The highest BCUT2D eigenvalue weighted by Gasteiger charge is 2.37. The lowest BCUT2D eigenvalue weighted by Gasteiger charge is -2.27. The Labute approximate surface area is 97.5 Å². The Hall–Kier alpha value is 0.160. The molecular weight excluding hydrogens is 236 g/mol. The molecule has 0 spiro atoms. The second-order valence-electron chi connectivity index (χ2n) is 4.49. The summed E-state index contributed by atoms with van der Waals surface area (Å²) in [7, 11) is -3.02. The van der Waals surface area contributed by atoms with Gasteiger partial charge >= 0.3 is 0 Å². The van der Waals surface area contributed by atoms with Gasteiger partial charge in [0.25, 0.3) is 0 Å². The van der Waals surface area contributed by atoms with Crippen molar-refractivity contribution in [2.45, 2.75) is 55.9 Å². The van der Waals surface area contributed by atoms with Crippen molar-refractivity contribution in [3.05, 3.63) is 0 Å². The van der Waals surface area contributed by atoms with Crippen LogP contribution in [0.3, 0.4) is 0 Å². The molecule has 6 heteroatoms. The average Bonchev–Trinajstić information content (AvgIpc) is 2.84. The molecule has 2 fully saturated rings. The van der Waals surface area contributed by atoms with E-state index < -0.39 is 10.0 Å². The summed E-state index contributed by atoms with van der Waals surface area (Å²) in [4.78, 5) is 0. The van der Waals surface area contributed by atoms with Gasteiger partial charge in [0.15, 0.2) is 0 Å². The molecule has 0 heterocycles. The largest absolute Gasteiger partial charge is 0.328 e. The molecule has 90 valence electrons. The molecule has 0 amide bonds. The smallest absolute Gasteiger partial charge is 0.214 e. The molecule has 15 heavy (non-hydrogen) atoms. The third-order valence-electron chi connectivity index (χ3n) is 3.01. The third-order valence-corrected chi connectivity index (χ3v) is 5.02. The Morgan fingerprint density at radius 1 is 1.13 bits per heavy atom. The molecule has 2 unspecified atom stereocenters. The fourth-order valence-electron chi connectivity index (χ4n) is 2.04. The van der Waals surface area contributed by atoms with Crippen molar-refractivity contribution in [3.63, 3.8) is 0 Å². The lowest BCUT2D eigenvalue weighted by atomic mass is 9.92. The van der Waals surface area contributed by atoms with Gasteiger partial charge in [-0.25, -0.2) is 13.1 Å². The SMILES string of the molecule is Cl.NC1CCCC(NS(=O)(=O)C2CC2)C1. The number of hydrogen-bond acceptors (Lipinski definition) is 3.